The maximum atomic E-state index is 12.9. The molecule has 20 heavy (non-hydrogen) atoms. The van der Waals surface area contributed by atoms with E-state index in [0.29, 0.717) is 17.5 Å². The van der Waals surface area contributed by atoms with Crippen molar-refractivity contribution in [2.24, 2.45) is 17.8 Å². The van der Waals surface area contributed by atoms with Crippen molar-refractivity contribution in [2.45, 2.75) is 33.3 Å². The van der Waals surface area contributed by atoms with Crippen LogP contribution in [0.2, 0.25) is 0 Å². The molecule has 1 fully saturated rings. The number of pyridine rings is 1. The molecule has 4 heteroatoms. The predicted molar refractivity (Wildman–Crippen MR) is 77.7 cm³/mol. The number of rotatable bonds is 4. The van der Waals surface area contributed by atoms with Crippen molar-refractivity contribution in [2.75, 3.05) is 19.6 Å². The molecule has 1 saturated heterocycles. The van der Waals surface area contributed by atoms with Crippen LogP contribution in [-0.2, 0) is 0 Å². The summed E-state index contributed by atoms with van der Waals surface area (Å²) in [5.74, 6) is 1.15. The number of halogens is 1. The number of hydrogen-bond acceptors (Lipinski definition) is 3. The zero-order valence-electron chi connectivity index (χ0n) is 12.6. The van der Waals surface area contributed by atoms with Gasteiger partial charge in [-0.25, -0.2) is 4.39 Å². The van der Waals surface area contributed by atoms with Crippen LogP contribution in [0, 0.1) is 23.6 Å². The minimum Gasteiger partial charge on any atom is -0.386 e. The number of hydrogen-bond donors (Lipinski definition) is 1. The third-order valence-corrected chi connectivity index (χ3v) is 4.08. The van der Waals surface area contributed by atoms with Gasteiger partial charge in [-0.1, -0.05) is 20.8 Å². The average molecular weight is 280 g/mol. The third-order valence-electron chi connectivity index (χ3n) is 4.08. The van der Waals surface area contributed by atoms with Crippen LogP contribution in [0.3, 0.4) is 0 Å². The summed E-state index contributed by atoms with van der Waals surface area (Å²) in [5, 5.41) is 10.3. The molecule has 0 spiro atoms. The van der Waals surface area contributed by atoms with Crippen molar-refractivity contribution < 1.29 is 9.50 Å². The molecule has 4 unspecified atom stereocenters. The molecule has 1 N–H and O–H groups in total. The molecule has 1 aromatic heterocycles. The Balaban J connectivity index is 1.93. The van der Waals surface area contributed by atoms with Crippen LogP contribution < -0.4 is 0 Å². The monoisotopic (exact) mass is 280 g/mol. The Morgan fingerprint density at radius 3 is 2.55 bits per heavy atom. The SMILES string of the molecule is CC1CC(C)CN(CC(C)C(O)c2ccc(F)cn2)C1. The molecule has 0 aliphatic carbocycles. The second-order valence-electron chi connectivity index (χ2n) is 6.49. The van der Waals surface area contributed by atoms with Gasteiger partial charge in [-0.3, -0.25) is 4.98 Å². The number of aliphatic hydroxyl groups is 1. The van der Waals surface area contributed by atoms with E-state index in [2.05, 4.69) is 23.7 Å². The van der Waals surface area contributed by atoms with E-state index < -0.39 is 6.10 Å². The van der Waals surface area contributed by atoms with Crippen molar-refractivity contribution in [3.63, 3.8) is 0 Å². The summed E-state index contributed by atoms with van der Waals surface area (Å²) >= 11 is 0. The lowest BCUT2D eigenvalue weighted by molar-refractivity contribution is 0.0599. The lowest BCUT2D eigenvalue weighted by Crippen LogP contribution is -2.41. The van der Waals surface area contributed by atoms with Crippen molar-refractivity contribution in [3.8, 4) is 0 Å². The second kappa shape index (κ2) is 6.64. The Bertz CT molecular complexity index is 413. The first kappa shape index (κ1) is 15.4. The smallest absolute Gasteiger partial charge is 0.141 e. The first-order chi connectivity index (χ1) is 9.45. The summed E-state index contributed by atoms with van der Waals surface area (Å²) in [6, 6.07) is 2.92. The quantitative estimate of drug-likeness (QED) is 0.921. The van der Waals surface area contributed by atoms with Gasteiger partial charge in [0.05, 0.1) is 18.0 Å². The van der Waals surface area contributed by atoms with E-state index >= 15 is 0 Å². The molecular weight excluding hydrogens is 255 g/mol. The van der Waals surface area contributed by atoms with E-state index in [1.807, 2.05) is 6.92 Å². The first-order valence-electron chi connectivity index (χ1n) is 7.47. The van der Waals surface area contributed by atoms with Crippen molar-refractivity contribution >= 4 is 0 Å². The molecule has 0 radical (unpaired) electrons. The number of likely N-dealkylation sites (tertiary alicyclic amines) is 1. The highest BCUT2D eigenvalue weighted by molar-refractivity contribution is 5.09. The lowest BCUT2D eigenvalue weighted by atomic mass is 9.90. The van der Waals surface area contributed by atoms with E-state index in [9.17, 15) is 9.50 Å². The van der Waals surface area contributed by atoms with Crippen LogP contribution in [0.15, 0.2) is 18.3 Å². The van der Waals surface area contributed by atoms with E-state index in [1.54, 1.807) is 6.07 Å². The Labute approximate surface area is 120 Å². The second-order valence-corrected chi connectivity index (χ2v) is 6.49. The molecule has 0 saturated carbocycles. The van der Waals surface area contributed by atoms with Gasteiger partial charge in [-0.05, 0) is 30.4 Å². The first-order valence-corrected chi connectivity index (χ1v) is 7.47. The van der Waals surface area contributed by atoms with Gasteiger partial charge in [-0.2, -0.15) is 0 Å². The molecule has 0 bridgehead atoms. The molecule has 3 nitrogen and oxygen atoms in total. The highest BCUT2D eigenvalue weighted by Crippen LogP contribution is 2.25. The summed E-state index contributed by atoms with van der Waals surface area (Å²) < 4.78 is 12.9. The summed E-state index contributed by atoms with van der Waals surface area (Å²) in [4.78, 5) is 6.41. The van der Waals surface area contributed by atoms with Crippen LogP contribution in [0.5, 0.6) is 0 Å². The summed E-state index contributed by atoms with van der Waals surface area (Å²) in [7, 11) is 0. The number of aliphatic hydroxyl groups excluding tert-OH is 1. The fourth-order valence-electron chi connectivity index (χ4n) is 3.30. The van der Waals surface area contributed by atoms with Gasteiger partial charge in [0.15, 0.2) is 0 Å². The zero-order valence-corrected chi connectivity index (χ0v) is 12.6. The molecule has 1 aromatic rings. The average Bonchev–Trinajstić information content (AvgIpc) is 2.37. The molecular formula is C16H25FN2O. The maximum absolute atomic E-state index is 12.9. The van der Waals surface area contributed by atoms with E-state index in [0.717, 1.165) is 25.8 Å². The molecule has 0 aromatic carbocycles. The summed E-state index contributed by atoms with van der Waals surface area (Å²) in [6.45, 7) is 9.64. The molecule has 1 aliphatic heterocycles. The largest absolute Gasteiger partial charge is 0.386 e. The van der Waals surface area contributed by atoms with E-state index in [1.165, 1.54) is 12.5 Å². The molecule has 1 aliphatic rings. The van der Waals surface area contributed by atoms with Crippen LogP contribution in [0.25, 0.3) is 0 Å². The molecule has 4 atom stereocenters. The number of piperidine rings is 1. The van der Waals surface area contributed by atoms with Gasteiger partial charge < -0.3 is 10.0 Å². The van der Waals surface area contributed by atoms with Crippen LogP contribution in [0.1, 0.15) is 39.0 Å². The van der Waals surface area contributed by atoms with Crippen LogP contribution in [-0.4, -0.2) is 34.6 Å². The van der Waals surface area contributed by atoms with E-state index in [-0.39, 0.29) is 11.7 Å². The fraction of sp³-hybridized carbons (Fsp3) is 0.688. The van der Waals surface area contributed by atoms with Gasteiger partial charge >= 0.3 is 0 Å². The van der Waals surface area contributed by atoms with Crippen LogP contribution in [0.4, 0.5) is 4.39 Å². The maximum Gasteiger partial charge on any atom is 0.141 e. The van der Waals surface area contributed by atoms with Crippen molar-refractivity contribution in [1.29, 1.82) is 0 Å². The third kappa shape index (κ3) is 4.00. The van der Waals surface area contributed by atoms with Crippen LogP contribution >= 0.6 is 0 Å². The van der Waals surface area contributed by atoms with E-state index in [4.69, 9.17) is 0 Å². The minimum absolute atomic E-state index is 0.0884. The highest BCUT2D eigenvalue weighted by atomic mass is 19.1. The Morgan fingerprint density at radius 2 is 2.00 bits per heavy atom. The van der Waals surface area contributed by atoms with Gasteiger partial charge in [0.1, 0.15) is 5.82 Å². The Hall–Kier alpha value is -1.00. The Morgan fingerprint density at radius 1 is 1.35 bits per heavy atom. The standard InChI is InChI=1S/C16H25FN2O/c1-11-6-12(2)9-19(8-11)10-13(3)16(20)15-5-4-14(17)7-18-15/h4-5,7,11-13,16,20H,6,8-10H2,1-3H3. The zero-order chi connectivity index (χ0) is 14.7. The number of nitrogens with zero attached hydrogens (tertiary/aromatic N) is 2. The normalized spacial score (nSPS) is 27.2. The highest BCUT2D eigenvalue weighted by Gasteiger charge is 2.26. The number of aromatic nitrogens is 1. The van der Waals surface area contributed by atoms with Gasteiger partial charge in [-0.15, -0.1) is 0 Å². The lowest BCUT2D eigenvalue weighted by Gasteiger charge is -2.37. The van der Waals surface area contributed by atoms with Gasteiger partial charge in [0, 0.05) is 25.6 Å². The summed E-state index contributed by atoms with van der Waals surface area (Å²) in [6.07, 6.45) is 1.81. The topological polar surface area (TPSA) is 36.4 Å². The fourth-order valence-corrected chi connectivity index (χ4v) is 3.30. The van der Waals surface area contributed by atoms with Gasteiger partial charge in [0.25, 0.3) is 0 Å². The molecule has 0 amide bonds. The van der Waals surface area contributed by atoms with Crippen molar-refractivity contribution in [3.05, 3.63) is 29.8 Å². The minimum atomic E-state index is -0.636. The molecule has 2 rings (SSSR count). The Kier molecular flexibility index (Phi) is 5.11. The van der Waals surface area contributed by atoms with Gasteiger partial charge in [0.2, 0.25) is 0 Å². The van der Waals surface area contributed by atoms with Crippen molar-refractivity contribution in [1.82, 2.24) is 9.88 Å². The molecule has 2 heterocycles. The molecule has 112 valence electrons. The summed E-state index contributed by atoms with van der Waals surface area (Å²) in [5.41, 5.74) is 0.553. The predicted octanol–water partition coefficient (Wildman–Crippen LogP) is 2.87.